The minimum atomic E-state index is 0.155. The molecule has 0 fully saturated rings. The number of rotatable bonds is 5. The molecular formula is C18H17N3. The van der Waals surface area contributed by atoms with Crippen molar-refractivity contribution in [1.29, 1.82) is 0 Å². The molecule has 3 heteroatoms. The molecule has 3 nitrogen and oxygen atoms in total. The zero-order valence-electron chi connectivity index (χ0n) is 11.7. The van der Waals surface area contributed by atoms with Crippen molar-refractivity contribution in [2.75, 3.05) is 0 Å². The Morgan fingerprint density at radius 2 is 1.29 bits per heavy atom. The summed E-state index contributed by atoms with van der Waals surface area (Å²) in [4.78, 5) is 8.16. The van der Waals surface area contributed by atoms with Gasteiger partial charge in [-0.2, -0.15) is 0 Å². The van der Waals surface area contributed by atoms with Crippen LogP contribution >= 0.6 is 0 Å². The number of nitrogens with one attached hydrogen (secondary N) is 1. The SMILES string of the molecule is c1ccc(C(NCc2ccncc2)c2ccncc2)cc1. The molecule has 2 aromatic heterocycles. The van der Waals surface area contributed by atoms with E-state index in [4.69, 9.17) is 0 Å². The number of hydrogen-bond acceptors (Lipinski definition) is 3. The molecule has 1 aromatic carbocycles. The first-order chi connectivity index (χ1) is 10.4. The van der Waals surface area contributed by atoms with Crippen LogP contribution in [0.25, 0.3) is 0 Å². The molecule has 2 heterocycles. The van der Waals surface area contributed by atoms with Crippen LogP contribution in [0.3, 0.4) is 0 Å². The average molecular weight is 275 g/mol. The van der Waals surface area contributed by atoms with E-state index < -0.39 is 0 Å². The molecule has 0 aliphatic heterocycles. The van der Waals surface area contributed by atoms with Crippen molar-refractivity contribution in [3.8, 4) is 0 Å². The van der Waals surface area contributed by atoms with Gasteiger partial charge in [0, 0.05) is 31.3 Å². The van der Waals surface area contributed by atoms with E-state index in [0.717, 1.165) is 6.54 Å². The van der Waals surface area contributed by atoms with Crippen LogP contribution in [0.1, 0.15) is 22.7 Å². The normalized spacial score (nSPS) is 12.0. The third-order valence-electron chi connectivity index (χ3n) is 3.43. The first-order valence-electron chi connectivity index (χ1n) is 7.00. The van der Waals surface area contributed by atoms with Crippen LogP contribution in [0.5, 0.6) is 0 Å². The van der Waals surface area contributed by atoms with Crippen LogP contribution in [0.2, 0.25) is 0 Å². The third kappa shape index (κ3) is 3.52. The molecule has 0 bridgehead atoms. The highest BCUT2D eigenvalue weighted by Gasteiger charge is 2.12. The lowest BCUT2D eigenvalue weighted by Crippen LogP contribution is -2.22. The Morgan fingerprint density at radius 3 is 1.95 bits per heavy atom. The minimum Gasteiger partial charge on any atom is -0.302 e. The highest BCUT2D eigenvalue weighted by molar-refractivity contribution is 5.30. The van der Waals surface area contributed by atoms with E-state index in [9.17, 15) is 0 Å². The van der Waals surface area contributed by atoms with Gasteiger partial charge in [0.2, 0.25) is 0 Å². The lowest BCUT2D eigenvalue weighted by Gasteiger charge is -2.19. The van der Waals surface area contributed by atoms with E-state index in [-0.39, 0.29) is 6.04 Å². The van der Waals surface area contributed by atoms with Gasteiger partial charge >= 0.3 is 0 Å². The Morgan fingerprint density at radius 1 is 0.714 bits per heavy atom. The van der Waals surface area contributed by atoms with Gasteiger partial charge in [0.25, 0.3) is 0 Å². The molecule has 0 amide bonds. The van der Waals surface area contributed by atoms with Crippen molar-refractivity contribution >= 4 is 0 Å². The molecule has 0 aliphatic rings. The summed E-state index contributed by atoms with van der Waals surface area (Å²) in [6.07, 6.45) is 7.31. The summed E-state index contributed by atoms with van der Waals surface area (Å²) in [5.41, 5.74) is 3.68. The van der Waals surface area contributed by atoms with Crippen molar-refractivity contribution in [2.45, 2.75) is 12.6 Å². The standard InChI is InChI=1S/C18H17N3/c1-2-4-16(5-3-1)18(17-8-12-20-13-9-17)21-14-15-6-10-19-11-7-15/h1-13,18,21H,14H2. The van der Waals surface area contributed by atoms with Crippen LogP contribution in [0.15, 0.2) is 79.4 Å². The number of benzene rings is 1. The maximum atomic E-state index is 4.10. The van der Waals surface area contributed by atoms with Crippen LogP contribution in [0, 0.1) is 0 Å². The van der Waals surface area contributed by atoms with Crippen molar-refractivity contribution in [1.82, 2.24) is 15.3 Å². The highest BCUT2D eigenvalue weighted by atomic mass is 14.9. The zero-order chi connectivity index (χ0) is 14.3. The fourth-order valence-electron chi connectivity index (χ4n) is 2.35. The van der Waals surface area contributed by atoms with Gasteiger partial charge in [-0.25, -0.2) is 0 Å². The molecule has 3 rings (SSSR count). The van der Waals surface area contributed by atoms with E-state index in [1.54, 1.807) is 0 Å². The van der Waals surface area contributed by atoms with Crippen LogP contribution in [0.4, 0.5) is 0 Å². The summed E-state index contributed by atoms with van der Waals surface area (Å²) >= 11 is 0. The van der Waals surface area contributed by atoms with Crippen molar-refractivity contribution in [2.24, 2.45) is 0 Å². The van der Waals surface area contributed by atoms with Crippen molar-refractivity contribution in [3.05, 3.63) is 96.1 Å². The third-order valence-corrected chi connectivity index (χ3v) is 3.43. The lowest BCUT2D eigenvalue weighted by molar-refractivity contribution is 0.604. The predicted molar refractivity (Wildman–Crippen MR) is 83.6 cm³/mol. The first-order valence-corrected chi connectivity index (χ1v) is 7.00. The molecule has 0 aliphatic carbocycles. The Balaban J connectivity index is 1.83. The quantitative estimate of drug-likeness (QED) is 0.776. The molecule has 0 saturated carbocycles. The maximum Gasteiger partial charge on any atom is 0.0580 e. The summed E-state index contributed by atoms with van der Waals surface area (Å²) in [6, 6.07) is 18.8. The van der Waals surface area contributed by atoms with Crippen molar-refractivity contribution in [3.63, 3.8) is 0 Å². The number of nitrogens with zero attached hydrogens (tertiary/aromatic N) is 2. The molecule has 104 valence electrons. The molecule has 0 saturated heterocycles. The Bertz CT molecular complexity index is 614. The maximum absolute atomic E-state index is 4.10. The zero-order valence-corrected chi connectivity index (χ0v) is 11.7. The van der Waals surface area contributed by atoms with Crippen LogP contribution in [-0.2, 0) is 6.54 Å². The van der Waals surface area contributed by atoms with E-state index in [1.165, 1.54) is 16.7 Å². The van der Waals surface area contributed by atoms with Gasteiger partial charge in [0.05, 0.1) is 6.04 Å². The fourth-order valence-corrected chi connectivity index (χ4v) is 2.35. The molecule has 1 atom stereocenters. The van der Waals surface area contributed by atoms with Crippen molar-refractivity contribution < 1.29 is 0 Å². The summed E-state index contributed by atoms with van der Waals surface area (Å²) < 4.78 is 0. The van der Waals surface area contributed by atoms with Gasteiger partial charge in [-0.3, -0.25) is 9.97 Å². The van der Waals surface area contributed by atoms with Gasteiger partial charge in [-0.05, 0) is 41.0 Å². The van der Waals surface area contributed by atoms with E-state index >= 15 is 0 Å². The number of hydrogen-bond donors (Lipinski definition) is 1. The molecule has 21 heavy (non-hydrogen) atoms. The smallest absolute Gasteiger partial charge is 0.0580 e. The fraction of sp³-hybridized carbons (Fsp3) is 0.111. The highest BCUT2D eigenvalue weighted by Crippen LogP contribution is 2.21. The molecular weight excluding hydrogens is 258 g/mol. The minimum absolute atomic E-state index is 0.155. The van der Waals surface area contributed by atoms with E-state index in [1.807, 2.05) is 43.0 Å². The monoisotopic (exact) mass is 275 g/mol. The average Bonchev–Trinajstić information content (AvgIpc) is 2.58. The second-order valence-corrected chi connectivity index (χ2v) is 4.86. The largest absolute Gasteiger partial charge is 0.302 e. The summed E-state index contributed by atoms with van der Waals surface area (Å²) in [6.45, 7) is 0.796. The van der Waals surface area contributed by atoms with Crippen LogP contribution < -0.4 is 5.32 Å². The Hall–Kier alpha value is -2.52. The number of aromatic nitrogens is 2. The summed E-state index contributed by atoms with van der Waals surface area (Å²) in [5.74, 6) is 0. The van der Waals surface area contributed by atoms with Gasteiger partial charge in [-0.1, -0.05) is 30.3 Å². The van der Waals surface area contributed by atoms with Gasteiger partial charge in [0.15, 0.2) is 0 Å². The molecule has 1 N–H and O–H groups in total. The second kappa shape index (κ2) is 6.77. The van der Waals surface area contributed by atoms with Gasteiger partial charge in [-0.15, -0.1) is 0 Å². The molecule has 0 radical (unpaired) electrons. The molecule has 1 unspecified atom stereocenters. The van der Waals surface area contributed by atoms with E-state index in [0.29, 0.717) is 0 Å². The Labute approximate surface area is 124 Å². The Kier molecular flexibility index (Phi) is 4.34. The molecule has 0 spiro atoms. The summed E-state index contributed by atoms with van der Waals surface area (Å²) in [5, 5.41) is 3.61. The summed E-state index contributed by atoms with van der Waals surface area (Å²) in [7, 11) is 0. The van der Waals surface area contributed by atoms with Gasteiger partial charge < -0.3 is 5.32 Å². The predicted octanol–water partition coefficient (Wildman–Crippen LogP) is 3.36. The second-order valence-electron chi connectivity index (χ2n) is 4.86. The van der Waals surface area contributed by atoms with Gasteiger partial charge in [0.1, 0.15) is 0 Å². The van der Waals surface area contributed by atoms with Crippen LogP contribution in [-0.4, -0.2) is 9.97 Å². The lowest BCUT2D eigenvalue weighted by atomic mass is 9.99. The number of pyridine rings is 2. The first kappa shape index (κ1) is 13.5. The molecule has 3 aromatic rings. The van der Waals surface area contributed by atoms with E-state index in [2.05, 4.69) is 51.7 Å². The topological polar surface area (TPSA) is 37.8 Å².